The zero-order chi connectivity index (χ0) is 9.90. The van der Waals surface area contributed by atoms with Gasteiger partial charge in [-0.25, -0.2) is 0 Å². The molecule has 75 valence electrons. The fraction of sp³-hybridized carbons (Fsp3) is 0.429. The largest absolute Gasteiger partial charge is 0.0882 e. The summed E-state index contributed by atoms with van der Waals surface area (Å²) >= 11 is 0. The zero-order valence-electron chi connectivity index (χ0n) is 8.78. The highest BCUT2D eigenvalue weighted by molar-refractivity contribution is 5.00. The maximum atomic E-state index is 3.16. The van der Waals surface area contributed by atoms with Crippen LogP contribution >= 0.6 is 0 Å². The van der Waals surface area contributed by atoms with Gasteiger partial charge in [0, 0.05) is 0 Å². The summed E-state index contributed by atoms with van der Waals surface area (Å²) in [6, 6.07) is 0. The van der Waals surface area contributed by atoms with Crippen LogP contribution in [0.5, 0.6) is 0 Å². The molecule has 0 aromatic heterocycles. The molecular formula is C14H19. The van der Waals surface area contributed by atoms with Crippen molar-refractivity contribution in [3.05, 3.63) is 48.6 Å². The molecule has 0 saturated carbocycles. The molecule has 1 radical (unpaired) electrons. The van der Waals surface area contributed by atoms with Crippen molar-refractivity contribution >= 4 is 0 Å². The summed E-state index contributed by atoms with van der Waals surface area (Å²) in [5.74, 6) is 0. The Morgan fingerprint density at radius 2 is 1.43 bits per heavy atom. The maximum Gasteiger partial charge on any atom is -0.0160 e. The van der Waals surface area contributed by atoms with Gasteiger partial charge in [0.25, 0.3) is 0 Å². The summed E-state index contributed by atoms with van der Waals surface area (Å²) in [5, 5.41) is 0. The van der Waals surface area contributed by atoms with Crippen molar-refractivity contribution in [3.63, 3.8) is 0 Å². The van der Waals surface area contributed by atoms with Crippen LogP contribution in [-0.2, 0) is 0 Å². The standard InChI is InChI=1S/C14H19/c1-2-4-6-8-10-12-14-13-11-9-7-5-3-1/h1-2,5-7,10,12H,3-4,9,11,13-14H2. The van der Waals surface area contributed by atoms with E-state index in [4.69, 9.17) is 0 Å². The molecule has 0 aliphatic heterocycles. The van der Waals surface area contributed by atoms with Crippen LogP contribution in [0.4, 0.5) is 0 Å². The van der Waals surface area contributed by atoms with Crippen molar-refractivity contribution in [2.24, 2.45) is 0 Å². The first-order valence-corrected chi connectivity index (χ1v) is 5.53. The van der Waals surface area contributed by atoms with E-state index in [2.05, 4.69) is 42.5 Å². The number of allylic oxidation sites excluding steroid dienone is 8. The summed E-state index contributed by atoms with van der Waals surface area (Å²) in [5.41, 5.74) is 0. The van der Waals surface area contributed by atoms with Crippen molar-refractivity contribution in [3.8, 4) is 0 Å². The molecule has 0 fully saturated rings. The first-order valence-electron chi connectivity index (χ1n) is 5.53. The second kappa shape index (κ2) is 8.55. The van der Waals surface area contributed by atoms with E-state index in [1.165, 1.54) is 25.7 Å². The van der Waals surface area contributed by atoms with Crippen LogP contribution in [0, 0.1) is 6.08 Å². The molecule has 0 unspecified atom stereocenters. The fourth-order valence-electron chi connectivity index (χ4n) is 1.36. The van der Waals surface area contributed by atoms with E-state index in [1.54, 1.807) is 0 Å². The van der Waals surface area contributed by atoms with Crippen LogP contribution in [0.15, 0.2) is 42.5 Å². The van der Waals surface area contributed by atoms with Crippen molar-refractivity contribution in [1.82, 2.24) is 0 Å². The van der Waals surface area contributed by atoms with Crippen molar-refractivity contribution in [2.45, 2.75) is 38.5 Å². The molecule has 0 aromatic carbocycles. The molecule has 0 aromatic rings. The van der Waals surface area contributed by atoms with Crippen LogP contribution in [0.1, 0.15) is 38.5 Å². The molecule has 0 heterocycles. The van der Waals surface area contributed by atoms with Gasteiger partial charge in [-0.2, -0.15) is 0 Å². The predicted molar refractivity (Wildman–Crippen MR) is 62.9 cm³/mol. The highest BCUT2D eigenvalue weighted by Crippen LogP contribution is 2.03. The first kappa shape index (κ1) is 11.0. The Bertz CT molecular complexity index is 228. The van der Waals surface area contributed by atoms with Crippen LogP contribution in [-0.4, -0.2) is 0 Å². The topological polar surface area (TPSA) is 0 Å². The second-order valence-corrected chi connectivity index (χ2v) is 3.47. The third-order valence-corrected chi connectivity index (χ3v) is 2.18. The fourth-order valence-corrected chi connectivity index (χ4v) is 1.36. The normalized spacial score (nSPS) is 19.4. The third-order valence-electron chi connectivity index (χ3n) is 2.18. The Balaban J connectivity index is 2.35. The molecule has 0 heteroatoms. The van der Waals surface area contributed by atoms with E-state index in [0.29, 0.717) is 0 Å². The smallest absolute Gasteiger partial charge is 0.0160 e. The molecule has 0 amide bonds. The molecule has 0 N–H and O–H groups in total. The highest BCUT2D eigenvalue weighted by Gasteiger charge is 1.83. The molecule has 0 nitrogen and oxygen atoms in total. The SMILES string of the molecule is [C]1=CCC=CCC=CCCCCC=C1. The number of hydrogen-bond acceptors (Lipinski definition) is 0. The van der Waals surface area contributed by atoms with Gasteiger partial charge in [-0.3, -0.25) is 0 Å². The highest BCUT2D eigenvalue weighted by atomic mass is 13.9. The third kappa shape index (κ3) is 6.47. The van der Waals surface area contributed by atoms with E-state index in [9.17, 15) is 0 Å². The van der Waals surface area contributed by atoms with Gasteiger partial charge >= 0.3 is 0 Å². The summed E-state index contributed by atoms with van der Waals surface area (Å²) in [6.45, 7) is 0. The minimum atomic E-state index is 0.998. The van der Waals surface area contributed by atoms with Gasteiger partial charge in [-0.05, 0) is 44.6 Å². The average Bonchev–Trinajstić information content (AvgIpc) is 2.22. The Morgan fingerprint density at radius 1 is 0.714 bits per heavy atom. The van der Waals surface area contributed by atoms with Crippen LogP contribution in [0.3, 0.4) is 0 Å². The molecule has 14 heavy (non-hydrogen) atoms. The van der Waals surface area contributed by atoms with E-state index < -0.39 is 0 Å². The molecule has 1 rings (SSSR count). The summed E-state index contributed by atoms with van der Waals surface area (Å²) in [6.07, 6.45) is 25.5. The van der Waals surface area contributed by atoms with Crippen LogP contribution in [0.25, 0.3) is 0 Å². The predicted octanol–water partition coefficient (Wildman–Crippen LogP) is 4.37. The lowest BCUT2D eigenvalue weighted by Gasteiger charge is -1.92. The van der Waals surface area contributed by atoms with E-state index in [0.717, 1.165) is 12.8 Å². The lowest BCUT2D eigenvalue weighted by molar-refractivity contribution is 0.761. The maximum absolute atomic E-state index is 3.16. The lowest BCUT2D eigenvalue weighted by atomic mass is 10.1. The van der Waals surface area contributed by atoms with Gasteiger partial charge in [-0.1, -0.05) is 42.5 Å². The lowest BCUT2D eigenvalue weighted by Crippen LogP contribution is -1.73. The van der Waals surface area contributed by atoms with Gasteiger partial charge in [-0.15, -0.1) is 0 Å². The van der Waals surface area contributed by atoms with Gasteiger partial charge < -0.3 is 0 Å². The van der Waals surface area contributed by atoms with E-state index in [1.807, 2.05) is 6.08 Å². The van der Waals surface area contributed by atoms with Crippen LogP contribution < -0.4 is 0 Å². The van der Waals surface area contributed by atoms with Crippen molar-refractivity contribution in [1.29, 1.82) is 0 Å². The van der Waals surface area contributed by atoms with Crippen LogP contribution in [0.2, 0.25) is 0 Å². The van der Waals surface area contributed by atoms with E-state index in [-0.39, 0.29) is 0 Å². The molecule has 0 atom stereocenters. The average molecular weight is 187 g/mol. The van der Waals surface area contributed by atoms with Crippen molar-refractivity contribution < 1.29 is 0 Å². The van der Waals surface area contributed by atoms with Crippen molar-refractivity contribution in [2.75, 3.05) is 0 Å². The second-order valence-electron chi connectivity index (χ2n) is 3.47. The monoisotopic (exact) mass is 187 g/mol. The minimum absolute atomic E-state index is 0.998. The molecule has 0 spiro atoms. The number of rotatable bonds is 0. The molecule has 1 aliphatic carbocycles. The molecule has 0 bridgehead atoms. The van der Waals surface area contributed by atoms with Gasteiger partial charge in [0.05, 0.1) is 0 Å². The van der Waals surface area contributed by atoms with Gasteiger partial charge in [0.15, 0.2) is 0 Å². The van der Waals surface area contributed by atoms with Gasteiger partial charge in [0.2, 0.25) is 0 Å². The Labute approximate surface area is 87.7 Å². The minimum Gasteiger partial charge on any atom is -0.0882 e. The molecular weight excluding hydrogens is 168 g/mol. The Hall–Kier alpha value is -1.04. The Morgan fingerprint density at radius 3 is 2.36 bits per heavy atom. The molecule has 1 aliphatic rings. The summed E-state index contributed by atoms with van der Waals surface area (Å²) in [4.78, 5) is 0. The Kier molecular flexibility index (Phi) is 6.74. The summed E-state index contributed by atoms with van der Waals surface area (Å²) in [7, 11) is 0. The number of hydrogen-bond donors (Lipinski definition) is 0. The first-order chi connectivity index (χ1) is 7.00. The zero-order valence-corrected chi connectivity index (χ0v) is 8.78. The summed E-state index contributed by atoms with van der Waals surface area (Å²) < 4.78 is 0. The van der Waals surface area contributed by atoms with E-state index >= 15 is 0 Å². The molecule has 0 saturated heterocycles. The van der Waals surface area contributed by atoms with Gasteiger partial charge in [0.1, 0.15) is 0 Å². The quantitative estimate of drug-likeness (QED) is 0.494.